The van der Waals surface area contributed by atoms with Crippen molar-refractivity contribution in [2.24, 2.45) is 4.99 Å². The maximum absolute atomic E-state index is 12.3. The summed E-state index contributed by atoms with van der Waals surface area (Å²) in [5.74, 6) is 1.27. The Morgan fingerprint density at radius 2 is 1.84 bits per heavy atom. The van der Waals surface area contributed by atoms with Crippen LogP contribution in [0.3, 0.4) is 0 Å². The van der Waals surface area contributed by atoms with Crippen LogP contribution >= 0.6 is 11.8 Å². The number of carbonyl (C=O) groups is 1. The van der Waals surface area contributed by atoms with Crippen LogP contribution in [0.25, 0.3) is 6.08 Å². The van der Waals surface area contributed by atoms with E-state index in [0.717, 1.165) is 29.6 Å². The summed E-state index contributed by atoms with van der Waals surface area (Å²) < 4.78 is 11.2. The van der Waals surface area contributed by atoms with Gasteiger partial charge in [-0.2, -0.15) is 4.99 Å². The molecule has 0 saturated carbocycles. The quantitative estimate of drug-likeness (QED) is 0.745. The Morgan fingerprint density at radius 3 is 2.56 bits per heavy atom. The van der Waals surface area contributed by atoms with Gasteiger partial charge in [-0.1, -0.05) is 6.07 Å². The molecule has 1 aromatic carbocycles. The fourth-order valence-corrected chi connectivity index (χ4v) is 3.89. The van der Waals surface area contributed by atoms with E-state index < -0.39 is 0 Å². The average molecular weight is 360 g/mol. The zero-order valence-electron chi connectivity index (χ0n) is 14.8. The number of benzene rings is 1. The molecular weight excluding hydrogens is 336 g/mol. The minimum absolute atomic E-state index is 0.155. The fraction of sp³-hybridized carbons (Fsp3) is 0.474. The fourth-order valence-electron chi connectivity index (χ4n) is 2.93. The molecule has 0 aliphatic carbocycles. The Kier molecular flexibility index (Phi) is 6.02. The van der Waals surface area contributed by atoms with Gasteiger partial charge in [0.05, 0.1) is 18.1 Å². The number of thioether (sulfide) groups is 1. The zero-order valence-corrected chi connectivity index (χ0v) is 15.6. The number of hydrogen-bond acceptors (Lipinski definition) is 5. The Hall–Kier alpha value is -1.95. The number of ether oxygens (including phenoxy) is 2. The van der Waals surface area contributed by atoms with Gasteiger partial charge in [-0.05, 0) is 68.6 Å². The Bertz CT molecular complexity index is 694. The molecule has 1 saturated heterocycles. The van der Waals surface area contributed by atoms with Crippen molar-refractivity contribution in [2.75, 3.05) is 26.3 Å². The molecule has 1 amide bonds. The number of amidine groups is 1. The predicted octanol–water partition coefficient (Wildman–Crippen LogP) is 3.94. The highest BCUT2D eigenvalue weighted by atomic mass is 32.2. The van der Waals surface area contributed by atoms with Crippen LogP contribution in [0.1, 0.15) is 38.7 Å². The molecule has 25 heavy (non-hydrogen) atoms. The molecule has 134 valence electrons. The summed E-state index contributed by atoms with van der Waals surface area (Å²) in [4.78, 5) is 19.4. The monoisotopic (exact) mass is 360 g/mol. The van der Waals surface area contributed by atoms with Crippen molar-refractivity contribution in [3.63, 3.8) is 0 Å². The molecule has 0 unspecified atom stereocenters. The lowest BCUT2D eigenvalue weighted by Gasteiger charge is -2.27. The number of amides is 1. The van der Waals surface area contributed by atoms with E-state index in [0.29, 0.717) is 23.9 Å². The van der Waals surface area contributed by atoms with E-state index >= 15 is 0 Å². The summed E-state index contributed by atoms with van der Waals surface area (Å²) in [7, 11) is 0. The molecule has 0 bridgehead atoms. The standard InChI is InChI=1S/C19H24N2O3S/c1-3-23-15-9-8-14(12-16(15)24-4-2)13-17-18(22)20-19(25-17)21-10-6-5-7-11-21/h8-9,12-13H,3-7,10-11H2,1-2H3/b17-13-. The second-order valence-electron chi connectivity index (χ2n) is 5.93. The highest BCUT2D eigenvalue weighted by Gasteiger charge is 2.26. The van der Waals surface area contributed by atoms with E-state index in [4.69, 9.17) is 9.47 Å². The Balaban J connectivity index is 1.76. The van der Waals surface area contributed by atoms with Crippen molar-refractivity contribution in [3.8, 4) is 11.5 Å². The van der Waals surface area contributed by atoms with Gasteiger partial charge >= 0.3 is 0 Å². The van der Waals surface area contributed by atoms with Gasteiger partial charge in [-0.25, -0.2) is 0 Å². The van der Waals surface area contributed by atoms with E-state index in [1.165, 1.54) is 31.0 Å². The van der Waals surface area contributed by atoms with Crippen molar-refractivity contribution in [1.82, 2.24) is 4.90 Å². The van der Waals surface area contributed by atoms with Crippen molar-refractivity contribution >= 4 is 28.9 Å². The molecule has 1 aromatic rings. The summed E-state index contributed by atoms with van der Waals surface area (Å²) in [6, 6.07) is 5.73. The first-order chi connectivity index (χ1) is 12.2. The highest BCUT2D eigenvalue weighted by Crippen LogP contribution is 2.34. The topological polar surface area (TPSA) is 51.1 Å². The third kappa shape index (κ3) is 4.37. The molecular formula is C19H24N2O3S. The third-order valence-electron chi connectivity index (χ3n) is 4.10. The van der Waals surface area contributed by atoms with E-state index in [1.807, 2.05) is 38.1 Å². The van der Waals surface area contributed by atoms with Crippen molar-refractivity contribution < 1.29 is 14.3 Å². The van der Waals surface area contributed by atoms with Gasteiger partial charge in [0.15, 0.2) is 16.7 Å². The van der Waals surface area contributed by atoms with Crippen LogP contribution in [-0.2, 0) is 4.79 Å². The van der Waals surface area contributed by atoms with Gasteiger partial charge in [-0.15, -0.1) is 0 Å². The van der Waals surface area contributed by atoms with Crippen LogP contribution in [0.5, 0.6) is 11.5 Å². The Morgan fingerprint density at radius 1 is 1.12 bits per heavy atom. The van der Waals surface area contributed by atoms with Crippen molar-refractivity contribution in [3.05, 3.63) is 28.7 Å². The molecule has 0 radical (unpaired) electrons. The lowest BCUT2D eigenvalue weighted by atomic mass is 10.1. The van der Waals surface area contributed by atoms with Crippen LogP contribution in [-0.4, -0.2) is 42.3 Å². The van der Waals surface area contributed by atoms with E-state index in [-0.39, 0.29) is 5.91 Å². The minimum atomic E-state index is -0.155. The van der Waals surface area contributed by atoms with Crippen molar-refractivity contribution in [1.29, 1.82) is 0 Å². The molecule has 6 heteroatoms. The first kappa shape index (κ1) is 17.9. The summed E-state index contributed by atoms with van der Waals surface area (Å²) in [6.07, 6.45) is 5.48. The molecule has 5 nitrogen and oxygen atoms in total. The summed E-state index contributed by atoms with van der Waals surface area (Å²) >= 11 is 1.47. The number of nitrogens with zero attached hydrogens (tertiary/aromatic N) is 2. The molecule has 1 fully saturated rings. The lowest BCUT2D eigenvalue weighted by Crippen LogP contribution is -2.33. The molecule has 3 rings (SSSR count). The van der Waals surface area contributed by atoms with Crippen LogP contribution < -0.4 is 9.47 Å². The highest BCUT2D eigenvalue weighted by molar-refractivity contribution is 8.18. The SMILES string of the molecule is CCOc1ccc(/C=C2\SC(N3CCCCC3)=NC2=O)cc1OCC. The number of carbonyl (C=O) groups excluding carboxylic acids is 1. The molecule has 0 aromatic heterocycles. The van der Waals surface area contributed by atoms with E-state index in [2.05, 4.69) is 9.89 Å². The summed E-state index contributed by atoms with van der Waals surface area (Å²) in [6.45, 7) is 7.01. The largest absolute Gasteiger partial charge is 0.490 e. The predicted molar refractivity (Wildman–Crippen MR) is 102 cm³/mol. The van der Waals surface area contributed by atoms with Crippen LogP contribution in [0.2, 0.25) is 0 Å². The smallest absolute Gasteiger partial charge is 0.286 e. The molecule has 2 aliphatic rings. The van der Waals surface area contributed by atoms with Crippen LogP contribution in [0, 0.1) is 0 Å². The molecule has 0 atom stereocenters. The zero-order chi connectivity index (χ0) is 17.6. The number of likely N-dealkylation sites (tertiary alicyclic amines) is 1. The van der Waals surface area contributed by atoms with E-state index in [9.17, 15) is 4.79 Å². The number of piperidine rings is 1. The molecule has 0 spiro atoms. The van der Waals surface area contributed by atoms with Gasteiger partial charge < -0.3 is 14.4 Å². The van der Waals surface area contributed by atoms with Gasteiger partial charge in [0.25, 0.3) is 5.91 Å². The van der Waals surface area contributed by atoms with Gasteiger partial charge in [-0.3, -0.25) is 4.79 Å². The second-order valence-corrected chi connectivity index (χ2v) is 6.94. The molecule has 2 aliphatic heterocycles. The molecule has 0 N–H and O–H groups in total. The third-order valence-corrected chi connectivity index (χ3v) is 5.15. The number of hydrogen-bond donors (Lipinski definition) is 0. The van der Waals surface area contributed by atoms with Crippen LogP contribution in [0.4, 0.5) is 0 Å². The van der Waals surface area contributed by atoms with E-state index in [1.54, 1.807) is 0 Å². The minimum Gasteiger partial charge on any atom is -0.490 e. The summed E-state index contributed by atoms with van der Waals surface area (Å²) in [5, 5.41) is 0.840. The van der Waals surface area contributed by atoms with Gasteiger partial charge in [0, 0.05) is 13.1 Å². The summed E-state index contributed by atoms with van der Waals surface area (Å²) in [5.41, 5.74) is 0.915. The van der Waals surface area contributed by atoms with Gasteiger partial charge in [0.1, 0.15) is 0 Å². The second kappa shape index (κ2) is 8.43. The first-order valence-electron chi connectivity index (χ1n) is 8.88. The normalized spacial score (nSPS) is 19.3. The maximum atomic E-state index is 12.3. The Labute approximate surface area is 153 Å². The molecule has 2 heterocycles. The van der Waals surface area contributed by atoms with Crippen LogP contribution in [0.15, 0.2) is 28.1 Å². The number of rotatable bonds is 5. The maximum Gasteiger partial charge on any atom is 0.286 e. The average Bonchev–Trinajstić information content (AvgIpc) is 2.99. The number of aliphatic imine (C=N–C) groups is 1. The first-order valence-corrected chi connectivity index (χ1v) is 9.70. The lowest BCUT2D eigenvalue weighted by molar-refractivity contribution is -0.113. The van der Waals surface area contributed by atoms with Gasteiger partial charge in [0.2, 0.25) is 0 Å². The van der Waals surface area contributed by atoms with Crippen molar-refractivity contribution in [2.45, 2.75) is 33.1 Å².